The van der Waals surface area contributed by atoms with Gasteiger partial charge in [0.05, 0.1) is 18.2 Å². The van der Waals surface area contributed by atoms with Gasteiger partial charge in [-0.25, -0.2) is 4.79 Å². The van der Waals surface area contributed by atoms with Crippen LogP contribution in [0.2, 0.25) is 0 Å². The van der Waals surface area contributed by atoms with Gasteiger partial charge in [0.15, 0.2) is 5.17 Å². The normalized spacial score (nSPS) is 19.6. The molecule has 0 radical (unpaired) electrons. The highest BCUT2D eigenvalue weighted by atomic mass is 32.2. The summed E-state index contributed by atoms with van der Waals surface area (Å²) in [5.74, 6) is 0.788. The zero-order valence-electron chi connectivity index (χ0n) is 12.4. The molecule has 0 bridgehead atoms. The second-order valence-corrected chi connectivity index (χ2v) is 6.75. The number of esters is 1. The number of aryl methyl sites for hydroxylation is 1. The Balaban J connectivity index is 1.75. The molecular formula is C16H20N2O2S. The minimum Gasteiger partial charge on any atom is -0.465 e. The fourth-order valence-corrected chi connectivity index (χ4v) is 4.20. The number of amidine groups is 1. The van der Waals surface area contributed by atoms with Crippen LogP contribution in [0.15, 0.2) is 23.2 Å². The Hall–Kier alpha value is -1.49. The number of nitrogens with one attached hydrogen (secondary N) is 1. The molecule has 1 spiro atoms. The molecule has 3 rings (SSSR count). The number of thioether (sulfide) groups is 1. The van der Waals surface area contributed by atoms with Crippen LogP contribution in [0.5, 0.6) is 0 Å². The van der Waals surface area contributed by atoms with Gasteiger partial charge < -0.3 is 10.1 Å². The largest absolute Gasteiger partial charge is 0.465 e. The maximum atomic E-state index is 11.5. The molecule has 4 nitrogen and oxygen atoms in total. The van der Waals surface area contributed by atoms with Crippen LogP contribution < -0.4 is 5.32 Å². The molecule has 0 saturated heterocycles. The average Bonchev–Trinajstić information content (AvgIpc) is 3.11. The first-order valence-corrected chi connectivity index (χ1v) is 8.29. The van der Waals surface area contributed by atoms with Crippen molar-refractivity contribution in [1.29, 1.82) is 0 Å². The van der Waals surface area contributed by atoms with E-state index < -0.39 is 0 Å². The fraction of sp³-hybridized carbons (Fsp3) is 0.500. The Labute approximate surface area is 129 Å². The summed E-state index contributed by atoms with van der Waals surface area (Å²) >= 11 is 1.80. The second-order valence-electron chi connectivity index (χ2n) is 5.78. The molecule has 1 N–H and O–H groups in total. The first-order valence-electron chi connectivity index (χ1n) is 7.31. The van der Waals surface area contributed by atoms with Crippen LogP contribution in [0.1, 0.15) is 41.6 Å². The van der Waals surface area contributed by atoms with E-state index in [4.69, 9.17) is 9.73 Å². The molecule has 1 fully saturated rings. The summed E-state index contributed by atoms with van der Waals surface area (Å²) in [6.07, 6.45) is 5.02. The van der Waals surface area contributed by atoms with E-state index in [1.165, 1.54) is 32.8 Å². The van der Waals surface area contributed by atoms with Gasteiger partial charge in [-0.05, 0) is 43.5 Å². The maximum absolute atomic E-state index is 11.5. The number of rotatable bonds is 2. The van der Waals surface area contributed by atoms with Gasteiger partial charge in [-0.3, -0.25) is 4.99 Å². The van der Waals surface area contributed by atoms with Crippen molar-refractivity contribution in [3.8, 4) is 0 Å². The molecule has 1 aromatic rings. The molecule has 1 aliphatic heterocycles. The predicted molar refractivity (Wildman–Crippen MR) is 87.2 cm³/mol. The van der Waals surface area contributed by atoms with Gasteiger partial charge in [0.1, 0.15) is 0 Å². The highest BCUT2D eigenvalue weighted by Gasteiger charge is 2.38. The topological polar surface area (TPSA) is 50.7 Å². The third-order valence-corrected chi connectivity index (χ3v) is 5.39. The molecule has 0 unspecified atom stereocenters. The number of aliphatic imine (C=N–C) groups is 1. The number of ether oxygens (including phenoxy) is 1. The molecule has 112 valence electrons. The van der Waals surface area contributed by atoms with Crippen molar-refractivity contribution < 1.29 is 9.53 Å². The first-order chi connectivity index (χ1) is 10.1. The Morgan fingerprint density at radius 1 is 1.38 bits per heavy atom. The molecule has 21 heavy (non-hydrogen) atoms. The van der Waals surface area contributed by atoms with Crippen LogP contribution in [0.25, 0.3) is 0 Å². The SMILES string of the molecule is COC(=O)c1ccc(NC2=NC3(CCCC3)CS2)c(C)c1. The van der Waals surface area contributed by atoms with Gasteiger partial charge in [-0.2, -0.15) is 0 Å². The second kappa shape index (κ2) is 5.72. The number of hydrogen-bond acceptors (Lipinski definition) is 5. The van der Waals surface area contributed by atoms with E-state index in [1.807, 2.05) is 19.1 Å². The number of carbonyl (C=O) groups is 1. The van der Waals surface area contributed by atoms with Gasteiger partial charge in [-0.15, -0.1) is 0 Å². The minimum absolute atomic E-state index is 0.187. The van der Waals surface area contributed by atoms with E-state index in [1.54, 1.807) is 17.8 Å². The number of nitrogens with zero attached hydrogens (tertiary/aromatic N) is 1. The zero-order chi connectivity index (χ0) is 14.9. The Bertz CT molecular complexity index is 592. The van der Waals surface area contributed by atoms with Crippen molar-refractivity contribution in [3.05, 3.63) is 29.3 Å². The summed E-state index contributed by atoms with van der Waals surface area (Å²) in [7, 11) is 1.40. The fourth-order valence-electron chi connectivity index (χ4n) is 3.00. The predicted octanol–water partition coefficient (Wildman–Crippen LogP) is 3.61. The van der Waals surface area contributed by atoms with Crippen LogP contribution in [0.4, 0.5) is 5.69 Å². The van der Waals surface area contributed by atoms with Gasteiger partial charge in [0, 0.05) is 11.4 Å². The average molecular weight is 304 g/mol. The smallest absolute Gasteiger partial charge is 0.337 e. The van der Waals surface area contributed by atoms with Crippen molar-refractivity contribution in [2.75, 3.05) is 18.2 Å². The van der Waals surface area contributed by atoms with E-state index >= 15 is 0 Å². The summed E-state index contributed by atoms with van der Waals surface area (Å²) in [5, 5.41) is 4.41. The van der Waals surface area contributed by atoms with E-state index in [2.05, 4.69) is 5.32 Å². The summed E-state index contributed by atoms with van der Waals surface area (Å²) in [6.45, 7) is 1.99. The number of hydrogen-bond donors (Lipinski definition) is 1. The molecule has 1 aliphatic carbocycles. The summed E-state index contributed by atoms with van der Waals surface area (Å²) in [5.41, 5.74) is 2.79. The number of carbonyl (C=O) groups excluding carboxylic acids is 1. The lowest BCUT2D eigenvalue weighted by molar-refractivity contribution is 0.0600. The molecule has 1 heterocycles. The van der Waals surface area contributed by atoms with Crippen LogP contribution in [-0.2, 0) is 4.74 Å². The van der Waals surface area contributed by atoms with Crippen LogP contribution in [-0.4, -0.2) is 29.5 Å². The lowest BCUT2D eigenvalue weighted by atomic mass is 10.0. The Morgan fingerprint density at radius 2 is 2.14 bits per heavy atom. The zero-order valence-corrected chi connectivity index (χ0v) is 13.3. The molecule has 0 atom stereocenters. The molecule has 0 aromatic heterocycles. The Kier molecular flexibility index (Phi) is 3.93. The van der Waals surface area contributed by atoms with Crippen molar-refractivity contribution in [2.24, 2.45) is 4.99 Å². The van der Waals surface area contributed by atoms with E-state index in [9.17, 15) is 4.79 Å². The van der Waals surface area contributed by atoms with Crippen molar-refractivity contribution in [3.63, 3.8) is 0 Å². The number of anilines is 1. The van der Waals surface area contributed by atoms with E-state index in [-0.39, 0.29) is 11.5 Å². The molecule has 1 aromatic carbocycles. The van der Waals surface area contributed by atoms with Gasteiger partial charge >= 0.3 is 5.97 Å². The number of methoxy groups -OCH3 is 1. The van der Waals surface area contributed by atoms with Crippen molar-refractivity contribution in [1.82, 2.24) is 0 Å². The van der Waals surface area contributed by atoms with Crippen molar-refractivity contribution in [2.45, 2.75) is 38.1 Å². The van der Waals surface area contributed by atoms with Crippen LogP contribution >= 0.6 is 11.8 Å². The quantitative estimate of drug-likeness (QED) is 0.848. The third-order valence-electron chi connectivity index (χ3n) is 4.24. The molecule has 5 heteroatoms. The third kappa shape index (κ3) is 2.93. The summed E-state index contributed by atoms with van der Waals surface area (Å²) in [4.78, 5) is 16.4. The molecule has 2 aliphatic rings. The van der Waals surface area contributed by atoms with E-state index in [0.717, 1.165) is 22.2 Å². The Morgan fingerprint density at radius 3 is 2.81 bits per heavy atom. The minimum atomic E-state index is -0.304. The lowest BCUT2D eigenvalue weighted by Crippen LogP contribution is -2.21. The molecular weight excluding hydrogens is 284 g/mol. The number of benzene rings is 1. The standard InChI is InChI=1S/C16H20N2O2S/c1-11-9-12(14(19)20-2)5-6-13(11)17-15-18-16(10-21-15)7-3-4-8-16/h5-6,9H,3-4,7-8,10H2,1-2H3,(H,17,18). The molecule has 1 saturated carbocycles. The van der Waals surface area contributed by atoms with Crippen molar-refractivity contribution >= 4 is 28.6 Å². The van der Waals surface area contributed by atoms with E-state index in [0.29, 0.717) is 5.56 Å². The summed E-state index contributed by atoms with van der Waals surface area (Å²) in [6, 6.07) is 5.55. The van der Waals surface area contributed by atoms with Gasteiger partial charge in [0.25, 0.3) is 0 Å². The monoisotopic (exact) mass is 304 g/mol. The molecule has 0 amide bonds. The van der Waals surface area contributed by atoms with Crippen LogP contribution in [0, 0.1) is 6.92 Å². The highest BCUT2D eigenvalue weighted by molar-refractivity contribution is 8.14. The lowest BCUT2D eigenvalue weighted by Gasteiger charge is -2.16. The van der Waals surface area contributed by atoms with Gasteiger partial charge in [0.2, 0.25) is 0 Å². The van der Waals surface area contributed by atoms with Gasteiger partial charge in [-0.1, -0.05) is 24.6 Å². The highest BCUT2D eigenvalue weighted by Crippen LogP contribution is 2.41. The van der Waals surface area contributed by atoms with Crippen LogP contribution in [0.3, 0.4) is 0 Å². The maximum Gasteiger partial charge on any atom is 0.337 e. The summed E-state index contributed by atoms with van der Waals surface area (Å²) < 4.78 is 4.74. The first kappa shape index (κ1) is 14.4.